The Morgan fingerprint density at radius 1 is 0.857 bits per heavy atom. The Hall–Kier alpha value is -2.47. The van der Waals surface area contributed by atoms with E-state index in [9.17, 15) is 19.2 Å². The zero-order valence-corrected chi connectivity index (χ0v) is 16.9. The Kier molecular flexibility index (Phi) is 9.06. The summed E-state index contributed by atoms with van der Waals surface area (Å²) in [5, 5.41) is 2.56. The fraction of sp³-hybridized carbons (Fsp3) is 0.688. The number of ether oxygens (including phenoxy) is 6. The maximum Gasteiger partial charge on any atom is 0.303 e. The van der Waals surface area contributed by atoms with E-state index in [1.54, 1.807) is 0 Å². The quantitative estimate of drug-likeness (QED) is 0.339. The Bertz CT molecular complexity index is 625. The van der Waals surface area contributed by atoms with Gasteiger partial charge in [-0.3, -0.25) is 19.2 Å². The van der Waals surface area contributed by atoms with Crippen molar-refractivity contribution in [2.24, 2.45) is 0 Å². The van der Waals surface area contributed by atoms with Crippen LogP contribution >= 0.6 is 12.2 Å². The van der Waals surface area contributed by atoms with Crippen LogP contribution in [0.5, 0.6) is 0 Å². The summed E-state index contributed by atoms with van der Waals surface area (Å²) < 4.78 is 31.3. The number of nitrogens with one attached hydrogen (secondary N) is 1. The first kappa shape index (κ1) is 23.6. The van der Waals surface area contributed by atoms with Crippen molar-refractivity contribution < 1.29 is 47.6 Å². The summed E-state index contributed by atoms with van der Waals surface area (Å²) in [4.78, 5) is 46.0. The van der Waals surface area contributed by atoms with Gasteiger partial charge in [0.15, 0.2) is 24.5 Å². The summed E-state index contributed by atoms with van der Waals surface area (Å²) in [6.07, 6.45) is -5.93. The molecule has 158 valence electrons. The van der Waals surface area contributed by atoms with E-state index in [1.165, 1.54) is 14.0 Å². The molecule has 1 saturated heterocycles. The van der Waals surface area contributed by atoms with E-state index in [4.69, 9.17) is 40.6 Å². The molecule has 1 N–H and O–H groups in total. The number of hydrogen-bond donors (Lipinski definition) is 1. The van der Waals surface area contributed by atoms with Crippen LogP contribution in [0.15, 0.2) is 0 Å². The summed E-state index contributed by atoms with van der Waals surface area (Å²) >= 11 is 4.94. The second kappa shape index (κ2) is 10.8. The summed E-state index contributed by atoms with van der Waals surface area (Å²) in [5.41, 5.74) is 0. The third-order valence-electron chi connectivity index (χ3n) is 3.44. The summed E-state index contributed by atoms with van der Waals surface area (Å²) in [6.45, 7) is 4.27. The molecule has 0 aromatic carbocycles. The zero-order chi connectivity index (χ0) is 21.4. The molecule has 5 atom stereocenters. The number of hydrogen-bond acceptors (Lipinski definition) is 11. The predicted molar refractivity (Wildman–Crippen MR) is 94.7 cm³/mol. The highest BCUT2D eigenvalue weighted by Crippen LogP contribution is 2.28. The van der Waals surface area contributed by atoms with Gasteiger partial charge in [0.1, 0.15) is 12.7 Å². The lowest BCUT2D eigenvalue weighted by atomic mass is 9.97. The molecule has 0 aromatic heterocycles. The number of thiocarbonyl (C=S) groups is 1. The molecule has 28 heavy (non-hydrogen) atoms. The second-order valence-corrected chi connectivity index (χ2v) is 6.13. The topological polar surface area (TPSA) is 136 Å². The van der Waals surface area contributed by atoms with Gasteiger partial charge in [-0.15, -0.1) is 0 Å². The molecular weight excluding hydrogens is 398 g/mol. The molecule has 0 saturated carbocycles. The molecule has 1 aliphatic rings. The Morgan fingerprint density at radius 3 is 1.82 bits per heavy atom. The second-order valence-electron chi connectivity index (χ2n) is 5.76. The van der Waals surface area contributed by atoms with E-state index in [2.05, 4.69) is 5.32 Å². The van der Waals surface area contributed by atoms with E-state index in [0.29, 0.717) is 0 Å². The summed E-state index contributed by atoms with van der Waals surface area (Å²) in [6, 6.07) is 0. The summed E-state index contributed by atoms with van der Waals surface area (Å²) in [7, 11) is 1.31. The van der Waals surface area contributed by atoms with Crippen LogP contribution in [0.25, 0.3) is 0 Å². The van der Waals surface area contributed by atoms with E-state index in [0.717, 1.165) is 20.8 Å². The van der Waals surface area contributed by atoms with Crippen molar-refractivity contribution in [1.29, 1.82) is 0 Å². The first-order valence-corrected chi connectivity index (χ1v) is 8.61. The first-order valence-electron chi connectivity index (χ1n) is 8.20. The Balaban J connectivity index is 3.30. The van der Waals surface area contributed by atoms with Crippen LogP contribution in [0.2, 0.25) is 0 Å². The molecule has 0 radical (unpaired) electrons. The smallest absolute Gasteiger partial charge is 0.303 e. The maximum atomic E-state index is 11.6. The van der Waals surface area contributed by atoms with Gasteiger partial charge in [-0.2, -0.15) is 0 Å². The minimum atomic E-state index is -1.27. The van der Waals surface area contributed by atoms with Crippen molar-refractivity contribution in [1.82, 2.24) is 5.32 Å². The molecule has 1 fully saturated rings. The molecule has 0 spiro atoms. The van der Waals surface area contributed by atoms with Crippen molar-refractivity contribution in [2.45, 2.75) is 58.3 Å². The molecule has 12 heteroatoms. The predicted octanol–water partition coefficient (Wildman–Crippen LogP) is -0.410. The Labute approximate surface area is 166 Å². The van der Waals surface area contributed by atoms with Crippen LogP contribution < -0.4 is 5.32 Å². The average molecular weight is 421 g/mol. The minimum Gasteiger partial charge on any atom is -0.474 e. The van der Waals surface area contributed by atoms with Crippen LogP contribution in [0.3, 0.4) is 0 Å². The standard InChI is InChI=1S/C16H23NO10S/c1-7(18)23-6-11-12(24-8(2)19)13(25-9(3)20)14(26-10(4)21)15(27-11)17-16(28)22-5/h11-15H,6H2,1-5H3,(H,17,28)/t11-,12-,13+,14-,15?/m1/s1. The fourth-order valence-electron chi connectivity index (χ4n) is 2.52. The van der Waals surface area contributed by atoms with Crippen LogP contribution in [0, 0.1) is 0 Å². The Morgan fingerprint density at radius 2 is 1.36 bits per heavy atom. The average Bonchev–Trinajstić information content (AvgIpc) is 2.57. The normalized spacial score (nSPS) is 26.4. The number of esters is 4. The van der Waals surface area contributed by atoms with Crippen molar-refractivity contribution in [3.63, 3.8) is 0 Å². The number of methoxy groups -OCH3 is 1. The van der Waals surface area contributed by atoms with Gasteiger partial charge in [-0.25, -0.2) is 0 Å². The molecule has 0 amide bonds. The lowest BCUT2D eigenvalue weighted by Gasteiger charge is -2.44. The molecule has 1 heterocycles. The molecular formula is C16H23NO10S. The van der Waals surface area contributed by atoms with E-state index >= 15 is 0 Å². The van der Waals surface area contributed by atoms with Gasteiger partial charge >= 0.3 is 23.9 Å². The lowest BCUT2D eigenvalue weighted by Crippen LogP contribution is -2.66. The number of rotatable bonds is 6. The van der Waals surface area contributed by atoms with Gasteiger partial charge in [0.25, 0.3) is 5.17 Å². The van der Waals surface area contributed by atoms with Crippen molar-refractivity contribution in [3.05, 3.63) is 0 Å². The van der Waals surface area contributed by atoms with Gasteiger partial charge in [0.2, 0.25) is 0 Å². The molecule has 11 nitrogen and oxygen atoms in total. The highest BCUT2D eigenvalue weighted by molar-refractivity contribution is 7.80. The summed E-state index contributed by atoms with van der Waals surface area (Å²) in [5.74, 6) is -2.74. The third-order valence-corrected chi connectivity index (χ3v) is 3.72. The van der Waals surface area contributed by atoms with Crippen LogP contribution in [0.4, 0.5) is 0 Å². The molecule has 0 aromatic rings. The van der Waals surface area contributed by atoms with Crippen molar-refractivity contribution in [2.75, 3.05) is 13.7 Å². The van der Waals surface area contributed by atoms with E-state index < -0.39 is 54.5 Å². The molecule has 0 aliphatic carbocycles. The van der Waals surface area contributed by atoms with E-state index in [1.807, 2.05) is 0 Å². The molecule has 0 bridgehead atoms. The van der Waals surface area contributed by atoms with Gasteiger partial charge in [-0.1, -0.05) is 0 Å². The van der Waals surface area contributed by atoms with Gasteiger partial charge < -0.3 is 33.7 Å². The number of carbonyl (C=O) groups excluding carboxylic acids is 4. The largest absolute Gasteiger partial charge is 0.474 e. The van der Waals surface area contributed by atoms with Gasteiger partial charge in [0.05, 0.1) is 7.11 Å². The fourth-order valence-corrected chi connectivity index (χ4v) is 2.64. The minimum absolute atomic E-state index is 0.0964. The van der Waals surface area contributed by atoms with Crippen molar-refractivity contribution in [3.8, 4) is 0 Å². The van der Waals surface area contributed by atoms with Crippen LogP contribution in [-0.4, -0.2) is 73.4 Å². The number of carbonyl (C=O) groups is 4. The zero-order valence-electron chi connectivity index (χ0n) is 16.1. The monoisotopic (exact) mass is 421 g/mol. The lowest BCUT2D eigenvalue weighted by molar-refractivity contribution is -0.255. The highest BCUT2D eigenvalue weighted by atomic mass is 32.1. The first-order chi connectivity index (χ1) is 13.0. The molecule has 1 unspecified atom stereocenters. The highest BCUT2D eigenvalue weighted by Gasteiger charge is 2.52. The maximum absolute atomic E-state index is 11.6. The third kappa shape index (κ3) is 7.27. The van der Waals surface area contributed by atoms with Crippen LogP contribution in [0.1, 0.15) is 27.7 Å². The van der Waals surface area contributed by atoms with Crippen molar-refractivity contribution >= 4 is 41.3 Å². The van der Waals surface area contributed by atoms with Gasteiger partial charge in [-0.05, 0) is 12.2 Å². The van der Waals surface area contributed by atoms with E-state index in [-0.39, 0.29) is 11.8 Å². The molecule has 1 aliphatic heterocycles. The SMILES string of the molecule is COC(=S)NC1O[C@H](COC(C)=O)[C@@H](OC(C)=O)[C@H](OC(C)=O)[C@H]1OC(C)=O. The van der Waals surface area contributed by atoms with Gasteiger partial charge in [0, 0.05) is 27.7 Å². The van der Waals surface area contributed by atoms with Crippen LogP contribution in [-0.2, 0) is 47.6 Å². The molecule has 1 rings (SSSR count).